The number of rotatable bonds is 15. The Balaban J connectivity index is 2.86. The van der Waals surface area contributed by atoms with Crippen LogP contribution < -0.4 is 17.1 Å². The van der Waals surface area contributed by atoms with Gasteiger partial charge >= 0.3 is 17.1 Å². The average molecular weight is 407 g/mol. The maximum atomic E-state index is 12.7. The molecule has 160 valence electrons. The van der Waals surface area contributed by atoms with Crippen LogP contribution in [0.2, 0.25) is 0 Å². The summed E-state index contributed by atoms with van der Waals surface area (Å²) in [6.45, 7) is 2.81. The van der Waals surface area contributed by atoms with Crippen molar-refractivity contribution in [1.82, 2.24) is 9.13 Å². The Morgan fingerprint density at radius 2 is 1.62 bits per heavy atom. The van der Waals surface area contributed by atoms with Gasteiger partial charge < -0.3 is 13.9 Å². The normalized spacial score (nSPS) is 11.1. The Labute approximate surface area is 169 Å². The SMILES string of the molecule is CCCCCCCN=c1oc(=O)n(COC#N)c(=O)n1CCCCCCOC#N. The summed E-state index contributed by atoms with van der Waals surface area (Å²) in [5.74, 6) is -0.903. The molecule has 10 heteroatoms. The number of unbranched alkanes of at least 4 members (excludes halogenated alkanes) is 7. The minimum Gasteiger partial charge on any atom is -0.428 e. The summed E-state index contributed by atoms with van der Waals surface area (Å²) in [7, 11) is 0. The van der Waals surface area contributed by atoms with Crippen molar-refractivity contribution in [3.8, 4) is 12.5 Å². The van der Waals surface area contributed by atoms with E-state index in [0.717, 1.165) is 49.5 Å². The summed E-state index contributed by atoms with van der Waals surface area (Å²) in [6, 6.07) is 0. The first-order valence-electron chi connectivity index (χ1n) is 10.0. The van der Waals surface area contributed by atoms with Gasteiger partial charge in [0.2, 0.25) is 0 Å². The molecule has 1 aromatic rings. The molecule has 0 aliphatic rings. The maximum absolute atomic E-state index is 12.7. The highest BCUT2D eigenvalue weighted by atomic mass is 16.5. The fourth-order valence-corrected chi connectivity index (χ4v) is 2.74. The first kappa shape index (κ1) is 24.0. The van der Waals surface area contributed by atoms with Gasteiger partial charge in [-0.1, -0.05) is 39.0 Å². The molecule has 0 fully saturated rings. The Hall–Kier alpha value is -3.01. The van der Waals surface area contributed by atoms with E-state index in [4.69, 9.17) is 14.9 Å². The molecule has 0 saturated heterocycles. The Bertz CT molecular complexity index is 856. The van der Waals surface area contributed by atoms with Gasteiger partial charge in [-0.2, -0.15) is 15.1 Å². The molecule has 1 rings (SSSR count). The molecule has 0 N–H and O–H groups in total. The van der Waals surface area contributed by atoms with E-state index in [-0.39, 0.29) is 5.68 Å². The lowest BCUT2D eigenvalue weighted by Gasteiger charge is -2.08. The molecule has 0 aliphatic carbocycles. The Kier molecular flexibility index (Phi) is 12.4. The van der Waals surface area contributed by atoms with Gasteiger partial charge in [0.25, 0.3) is 12.5 Å². The molecule has 1 aromatic heterocycles. The molecule has 0 aromatic carbocycles. The minimum atomic E-state index is -0.903. The second kappa shape index (κ2) is 15.0. The van der Waals surface area contributed by atoms with Crippen LogP contribution in [-0.4, -0.2) is 22.3 Å². The number of hydrogen-bond donors (Lipinski definition) is 0. The van der Waals surface area contributed by atoms with Crippen LogP contribution >= 0.6 is 0 Å². The van der Waals surface area contributed by atoms with Gasteiger partial charge in [0.15, 0.2) is 6.73 Å². The number of aromatic nitrogens is 2. The zero-order chi connectivity index (χ0) is 21.3. The van der Waals surface area contributed by atoms with E-state index in [1.807, 2.05) is 0 Å². The van der Waals surface area contributed by atoms with E-state index >= 15 is 0 Å². The smallest absolute Gasteiger partial charge is 0.428 e. The number of hydrogen-bond acceptors (Lipinski definition) is 8. The summed E-state index contributed by atoms with van der Waals surface area (Å²) in [5.41, 5.74) is -0.620. The van der Waals surface area contributed by atoms with Crippen molar-refractivity contribution in [3.05, 3.63) is 26.7 Å². The lowest BCUT2D eigenvalue weighted by molar-refractivity contribution is 0.157. The van der Waals surface area contributed by atoms with Crippen molar-refractivity contribution >= 4 is 0 Å². The van der Waals surface area contributed by atoms with Crippen molar-refractivity contribution in [2.24, 2.45) is 4.99 Å². The molecule has 0 radical (unpaired) electrons. The van der Waals surface area contributed by atoms with E-state index in [1.54, 1.807) is 6.26 Å². The van der Waals surface area contributed by atoms with Crippen LogP contribution in [0.15, 0.2) is 19.0 Å². The van der Waals surface area contributed by atoms with Gasteiger partial charge in [-0.25, -0.2) is 19.1 Å². The second-order valence-electron chi connectivity index (χ2n) is 6.53. The van der Waals surface area contributed by atoms with E-state index < -0.39 is 18.2 Å². The highest BCUT2D eigenvalue weighted by Gasteiger charge is 2.11. The van der Waals surface area contributed by atoms with E-state index in [9.17, 15) is 9.59 Å². The Morgan fingerprint density at radius 1 is 0.931 bits per heavy atom. The van der Waals surface area contributed by atoms with Crippen molar-refractivity contribution in [2.75, 3.05) is 13.2 Å². The molecule has 0 saturated carbocycles. The lowest BCUT2D eigenvalue weighted by Crippen LogP contribution is -2.47. The van der Waals surface area contributed by atoms with Crippen LogP contribution in [0.1, 0.15) is 64.7 Å². The van der Waals surface area contributed by atoms with Crippen LogP contribution in [0, 0.1) is 23.0 Å². The van der Waals surface area contributed by atoms with E-state index in [0.29, 0.717) is 26.1 Å². The first-order valence-corrected chi connectivity index (χ1v) is 10.0. The van der Waals surface area contributed by atoms with Gasteiger partial charge in [-0.3, -0.25) is 0 Å². The highest BCUT2D eigenvalue weighted by molar-refractivity contribution is 4.70. The van der Waals surface area contributed by atoms with E-state index in [2.05, 4.69) is 21.4 Å². The lowest BCUT2D eigenvalue weighted by atomic mass is 10.2. The quantitative estimate of drug-likeness (QED) is 0.320. The molecule has 0 unspecified atom stereocenters. The summed E-state index contributed by atoms with van der Waals surface area (Å²) < 4.78 is 16.4. The van der Waals surface area contributed by atoms with Gasteiger partial charge in [0.05, 0.1) is 0 Å². The maximum Gasteiger partial charge on any atom is 0.428 e. The molecule has 1 heterocycles. The minimum absolute atomic E-state index is 0.00323. The largest absolute Gasteiger partial charge is 0.428 e. The highest BCUT2D eigenvalue weighted by Crippen LogP contribution is 2.02. The molecule has 29 heavy (non-hydrogen) atoms. The number of nitriles is 2. The number of nitrogens with zero attached hydrogens (tertiary/aromatic N) is 5. The van der Waals surface area contributed by atoms with Crippen LogP contribution in [0.5, 0.6) is 0 Å². The average Bonchev–Trinajstić information content (AvgIpc) is 2.71. The molecular weight excluding hydrogens is 378 g/mol. The molecule has 0 spiro atoms. The van der Waals surface area contributed by atoms with Gasteiger partial charge in [0.1, 0.15) is 6.61 Å². The molecule has 10 nitrogen and oxygen atoms in total. The fourth-order valence-electron chi connectivity index (χ4n) is 2.74. The molecular formula is C19H29N5O5. The predicted molar refractivity (Wildman–Crippen MR) is 103 cm³/mol. The zero-order valence-electron chi connectivity index (χ0n) is 17.0. The molecule has 0 aliphatic heterocycles. The van der Waals surface area contributed by atoms with Gasteiger partial charge in [-0.15, -0.1) is 0 Å². The monoisotopic (exact) mass is 407 g/mol. The van der Waals surface area contributed by atoms with Crippen LogP contribution in [-0.2, 0) is 22.7 Å². The summed E-state index contributed by atoms with van der Waals surface area (Å²) >= 11 is 0. The van der Waals surface area contributed by atoms with Crippen molar-refractivity contribution < 1.29 is 13.9 Å². The van der Waals surface area contributed by atoms with Crippen molar-refractivity contribution in [2.45, 2.75) is 78.0 Å². The molecule has 0 amide bonds. The Morgan fingerprint density at radius 3 is 2.34 bits per heavy atom. The van der Waals surface area contributed by atoms with Crippen LogP contribution in [0.3, 0.4) is 0 Å². The fraction of sp³-hybridized carbons (Fsp3) is 0.737. The summed E-state index contributed by atoms with van der Waals surface area (Å²) in [5, 5.41) is 16.9. The third-order valence-corrected chi connectivity index (χ3v) is 4.30. The first-order chi connectivity index (χ1) is 14.2. The van der Waals surface area contributed by atoms with Crippen molar-refractivity contribution in [3.63, 3.8) is 0 Å². The second-order valence-corrected chi connectivity index (χ2v) is 6.53. The predicted octanol–water partition coefficient (Wildman–Crippen LogP) is 1.99. The number of ether oxygens (including phenoxy) is 2. The van der Waals surface area contributed by atoms with Gasteiger partial charge in [0, 0.05) is 13.1 Å². The third-order valence-electron chi connectivity index (χ3n) is 4.30. The topological polar surface area (TPSA) is 136 Å². The van der Waals surface area contributed by atoms with Gasteiger partial charge in [-0.05, 0) is 25.7 Å². The summed E-state index contributed by atoms with van der Waals surface area (Å²) in [4.78, 5) is 29.0. The van der Waals surface area contributed by atoms with Crippen LogP contribution in [0.25, 0.3) is 0 Å². The standard InChI is InChI=1S/C19H29N5O5/c1-2-3-4-5-8-11-22-17-23(12-9-6-7-10-13-27-14-20)18(25)24(16-28-15-21)19(26)29-17/h2-13,16H2,1H3. The molecule has 0 atom stereocenters. The summed E-state index contributed by atoms with van der Waals surface area (Å²) in [6.07, 6.45) is 11.4. The third kappa shape index (κ3) is 9.15. The van der Waals surface area contributed by atoms with Crippen molar-refractivity contribution in [1.29, 1.82) is 10.5 Å². The van der Waals surface area contributed by atoms with Crippen LogP contribution in [0.4, 0.5) is 0 Å². The zero-order valence-corrected chi connectivity index (χ0v) is 17.0. The molecule has 0 bridgehead atoms. The van der Waals surface area contributed by atoms with E-state index in [1.165, 1.54) is 17.2 Å².